The number of aromatic nitrogens is 1. The second kappa shape index (κ2) is 5.16. The monoisotopic (exact) mass is 248 g/mol. The van der Waals surface area contributed by atoms with Gasteiger partial charge in [-0.05, 0) is 18.1 Å². The number of carboxylic acids is 1. The minimum Gasteiger partial charge on any atom is -0.481 e. The Balaban J connectivity index is 2.36. The van der Waals surface area contributed by atoms with E-state index in [1.807, 2.05) is 13.0 Å². The lowest BCUT2D eigenvalue weighted by atomic mass is 9.95. The third kappa shape index (κ3) is 2.20. The number of carboxylic acid groups (broad SMARTS) is 1. The van der Waals surface area contributed by atoms with Gasteiger partial charge in [0.05, 0.1) is 12.0 Å². The molecule has 1 saturated heterocycles. The molecular formula is C13H16N2O3. The quantitative estimate of drug-likeness (QED) is 0.875. The van der Waals surface area contributed by atoms with Crippen molar-refractivity contribution in [2.75, 3.05) is 6.54 Å². The Morgan fingerprint density at radius 3 is 2.94 bits per heavy atom. The van der Waals surface area contributed by atoms with Crippen LogP contribution in [-0.2, 0) is 9.59 Å². The molecule has 1 N–H and O–H groups in total. The molecule has 0 aromatic carbocycles. The average Bonchev–Trinajstić information content (AvgIpc) is 2.69. The molecule has 0 saturated carbocycles. The van der Waals surface area contributed by atoms with Gasteiger partial charge in [0, 0.05) is 25.4 Å². The van der Waals surface area contributed by atoms with Gasteiger partial charge in [-0.3, -0.25) is 14.6 Å². The normalized spacial score (nSPS) is 23.4. The summed E-state index contributed by atoms with van der Waals surface area (Å²) in [5.41, 5.74) is 0.796. The molecule has 1 aromatic rings. The fraction of sp³-hybridized carbons (Fsp3) is 0.462. The molecule has 1 fully saturated rings. The van der Waals surface area contributed by atoms with E-state index in [-0.39, 0.29) is 18.4 Å². The fourth-order valence-corrected chi connectivity index (χ4v) is 2.48. The van der Waals surface area contributed by atoms with Crippen molar-refractivity contribution in [3.8, 4) is 0 Å². The van der Waals surface area contributed by atoms with Crippen LogP contribution in [0.2, 0.25) is 0 Å². The summed E-state index contributed by atoms with van der Waals surface area (Å²) in [6, 6.07) is 3.21. The maximum Gasteiger partial charge on any atom is 0.309 e. The van der Waals surface area contributed by atoms with Crippen LogP contribution in [0.15, 0.2) is 24.5 Å². The molecule has 1 aliphatic heterocycles. The lowest BCUT2D eigenvalue weighted by Gasteiger charge is -2.26. The molecule has 18 heavy (non-hydrogen) atoms. The molecule has 2 rings (SSSR count). The first-order valence-electron chi connectivity index (χ1n) is 6.07. The van der Waals surface area contributed by atoms with Gasteiger partial charge in [0.25, 0.3) is 0 Å². The molecule has 2 atom stereocenters. The third-order valence-corrected chi connectivity index (χ3v) is 3.24. The van der Waals surface area contributed by atoms with E-state index >= 15 is 0 Å². The third-order valence-electron chi connectivity index (χ3n) is 3.24. The summed E-state index contributed by atoms with van der Waals surface area (Å²) in [4.78, 5) is 28.9. The van der Waals surface area contributed by atoms with Gasteiger partial charge in [0.2, 0.25) is 5.91 Å². The summed E-state index contributed by atoms with van der Waals surface area (Å²) in [6.07, 6.45) is 4.17. The maximum absolute atomic E-state index is 11.9. The summed E-state index contributed by atoms with van der Waals surface area (Å²) in [7, 11) is 0. The number of nitrogens with zero attached hydrogens (tertiary/aromatic N) is 2. The molecule has 0 bridgehead atoms. The zero-order chi connectivity index (χ0) is 13.1. The van der Waals surface area contributed by atoms with Gasteiger partial charge in [-0.25, -0.2) is 0 Å². The molecule has 0 aliphatic carbocycles. The van der Waals surface area contributed by atoms with Crippen LogP contribution in [0, 0.1) is 5.92 Å². The molecule has 96 valence electrons. The minimum atomic E-state index is -0.921. The van der Waals surface area contributed by atoms with E-state index in [2.05, 4.69) is 4.98 Å². The van der Waals surface area contributed by atoms with Crippen molar-refractivity contribution in [2.45, 2.75) is 25.8 Å². The largest absolute Gasteiger partial charge is 0.481 e. The Kier molecular flexibility index (Phi) is 3.60. The van der Waals surface area contributed by atoms with Crippen LogP contribution < -0.4 is 0 Å². The van der Waals surface area contributed by atoms with Crippen LogP contribution in [0.3, 0.4) is 0 Å². The smallest absolute Gasteiger partial charge is 0.309 e. The second-order valence-corrected chi connectivity index (χ2v) is 4.47. The Morgan fingerprint density at radius 2 is 2.39 bits per heavy atom. The van der Waals surface area contributed by atoms with Crippen molar-refractivity contribution in [1.82, 2.24) is 9.88 Å². The lowest BCUT2D eigenvalue weighted by Crippen LogP contribution is -2.31. The molecule has 2 heterocycles. The highest BCUT2D eigenvalue weighted by Gasteiger charge is 2.44. The SMILES string of the molecule is CCCN1C(=O)C[C@@H](C(=O)O)[C@H]1c1cccnc1. The topological polar surface area (TPSA) is 70.5 Å². The molecule has 5 nitrogen and oxygen atoms in total. The molecule has 0 unspecified atom stereocenters. The summed E-state index contributed by atoms with van der Waals surface area (Å²) < 4.78 is 0. The van der Waals surface area contributed by atoms with Gasteiger partial charge >= 0.3 is 5.97 Å². The van der Waals surface area contributed by atoms with E-state index in [4.69, 9.17) is 0 Å². The number of carbonyl (C=O) groups excluding carboxylic acids is 1. The minimum absolute atomic E-state index is 0.0783. The molecule has 1 amide bonds. The predicted molar refractivity (Wildman–Crippen MR) is 64.7 cm³/mol. The lowest BCUT2D eigenvalue weighted by molar-refractivity contribution is -0.142. The van der Waals surface area contributed by atoms with Crippen LogP contribution in [-0.4, -0.2) is 33.4 Å². The predicted octanol–water partition coefficient (Wildman–Crippen LogP) is 1.47. The highest BCUT2D eigenvalue weighted by Crippen LogP contribution is 2.37. The number of hydrogen-bond donors (Lipinski definition) is 1. The highest BCUT2D eigenvalue weighted by molar-refractivity contribution is 5.87. The van der Waals surface area contributed by atoms with Crippen LogP contribution in [0.5, 0.6) is 0 Å². The Hall–Kier alpha value is -1.91. The summed E-state index contributed by atoms with van der Waals surface area (Å²) >= 11 is 0. The van der Waals surface area contributed by atoms with Crippen molar-refractivity contribution < 1.29 is 14.7 Å². The standard InChI is InChI=1S/C13H16N2O3/c1-2-6-15-11(16)7-10(13(17)18)12(15)9-4-3-5-14-8-9/h3-5,8,10,12H,2,6-7H2,1H3,(H,17,18)/t10-,12-/m1/s1. The van der Waals surface area contributed by atoms with Gasteiger partial charge < -0.3 is 10.0 Å². The zero-order valence-corrected chi connectivity index (χ0v) is 10.2. The Bertz CT molecular complexity index is 447. The number of carbonyl (C=O) groups is 2. The summed E-state index contributed by atoms with van der Waals surface area (Å²) in [5, 5.41) is 9.25. The van der Waals surface area contributed by atoms with Crippen LogP contribution in [0.4, 0.5) is 0 Å². The molecule has 0 radical (unpaired) electrons. The Labute approximate surface area is 105 Å². The Morgan fingerprint density at radius 1 is 1.61 bits per heavy atom. The van der Waals surface area contributed by atoms with Gasteiger partial charge in [-0.15, -0.1) is 0 Å². The first-order chi connectivity index (χ1) is 8.65. The summed E-state index contributed by atoms with van der Waals surface area (Å²) in [6.45, 7) is 2.56. The van der Waals surface area contributed by atoms with Gasteiger partial charge in [0.1, 0.15) is 0 Å². The maximum atomic E-state index is 11.9. The van der Waals surface area contributed by atoms with Crippen molar-refractivity contribution in [2.24, 2.45) is 5.92 Å². The van der Waals surface area contributed by atoms with Crippen LogP contribution >= 0.6 is 0 Å². The first-order valence-corrected chi connectivity index (χ1v) is 6.07. The molecule has 1 aromatic heterocycles. The highest BCUT2D eigenvalue weighted by atomic mass is 16.4. The molecular weight excluding hydrogens is 232 g/mol. The zero-order valence-electron chi connectivity index (χ0n) is 10.2. The molecule has 5 heteroatoms. The number of hydrogen-bond acceptors (Lipinski definition) is 3. The number of likely N-dealkylation sites (tertiary alicyclic amines) is 1. The average molecular weight is 248 g/mol. The van der Waals surface area contributed by atoms with Crippen molar-refractivity contribution >= 4 is 11.9 Å². The van der Waals surface area contributed by atoms with E-state index in [0.717, 1.165) is 12.0 Å². The second-order valence-electron chi connectivity index (χ2n) is 4.47. The van der Waals surface area contributed by atoms with Crippen LogP contribution in [0.1, 0.15) is 31.4 Å². The van der Waals surface area contributed by atoms with Gasteiger partial charge in [-0.2, -0.15) is 0 Å². The van der Waals surface area contributed by atoms with Crippen LogP contribution in [0.25, 0.3) is 0 Å². The number of amides is 1. The number of pyridine rings is 1. The van der Waals surface area contributed by atoms with Crippen molar-refractivity contribution in [3.05, 3.63) is 30.1 Å². The van der Waals surface area contributed by atoms with E-state index in [9.17, 15) is 14.7 Å². The van der Waals surface area contributed by atoms with E-state index in [1.165, 1.54) is 0 Å². The van der Waals surface area contributed by atoms with Crippen molar-refractivity contribution in [1.29, 1.82) is 0 Å². The molecule has 0 spiro atoms. The molecule has 1 aliphatic rings. The number of aliphatic carboxylic acids is 1. The van der Waals surface area contributed by atoms with E-state index in [0.29, 0.717) is 6.54 Å². The van der Waals surface area contributed by atoms with Gasteiger partial charge in [-0.1, -0.05) is 13.0 Å². The summed E-state index contributed by atoms with van der Waals surface area (Å²) in [5.74, 6) is -1.68. The van der Waals surface area contributed by atoms with Crippen molar-refractivity contribution in [3.63, 3.8) is 0 Å². The fourth-order valence-electron chi connectivity index (χ4n) is 2.48. The van der Waals surface area contributed by atoms with E-state index in [1.54, 1.807) is 23.4 Å². The number of rotatable bonds is 4. The van der Waals surface area contributed by atoms with E-state index < -0.39 is 11.9 Å². The first kappa shape index (κ1) is 12.5. The van der Waals surface area contributed by atoms with Gasteiger partial charge in [0.15, 0.2) is 0 Å².